The molecule has 1 aromatic rings. The van der Waals surface area contributed by atoms with Crippen molar-refractivity contribution >= 4 is 0 Å². The predicted octanol–water partition coefficient (Wildman–Crippen LogP) is 2.64. The molecule has 0 fully saturated rings. The van der Waals surface area contributed by atoms with E-state index in [2.05, 4.69) is 38.1 Å². The summed E-state index contributed by atoms with van der Waals surface area (Å²) in [7, 11) is 1.99. The van der Waals surface area contributed by atoms with Gasteiger partial charge in [0.05, 0.1) is 6.20 Å². The lowest BCUT2D eigenvalue weighted by Crippen LogP contribution is -2.27. The number of aromatic nitrogens is 2. The number of nitrogens with one attached hydrogen (secondary N) is 1. The van der Waals surface area contributed by atoms with Crippen molar-refractivity contribution in [3.63, 3.8) is 0 Å². The third kappa shape index (κ3) is 3.63. The molecule has 1 N–H and O–H groups in total. The zero-order chi connectivity index (χ0) is 12.1. The highest BCUT2D eigenvalue weighted by Crippen LogP contribution is 2.11. The Labute approximate surface area is 99.2 Å². The first-order valence-electron chi connectivity index (χ1n) is 6.25. The van der Waals surface area contributed by atoms with Crippen LogP contribution in [0.5, 0.6) is 0 Å². The van der Waals surface area contributed by atoms with Gasteiger partial charge in [0.2, 0.25) is 0 Å². The molecule has 3 nitrogen and oxygen atoms in total. The van der Waals surface area contributed by atoms with Crippen molar-refractivity contribution in [2.75, 3.05) is 0 Å². The minimum atomic E-state index is 0.578. The lowest BCUT2D eigenvalue weighted by Gasteiger charge is -2.17. The first kappa shape index (κ1) is 13.2. The van der Waals surface area contributed by atoms with Crippen molar-refractivity contribution in [1.29, 1.82) is 0 Å². The minimum Gasteiger partial charge on any atom is -0.310 e. The van der Waals surface area contributed by atoms with Crippen LogP contribution in [-0.2, 0) is 13.6 Å². The molecule has 3 heteroatoms. The van der Waals surface area contributed by atoms with Crippen LogP contribution in [0.3, 0.4) is 0 Å². The summed E-state index contributed by atoms with van der Waals surface area (Å²) in [5, 5.41) is 7.81. The Morgan fingerprint density at radius 1 is 1.44 bits per heavy atom. The zero-order valence-corrected chi connectivity index (χ0v) is 11.2. The van der Waals surface area contributed by atoms with Gasteiger partial charge >= 0.3 is 0 Å². The molecule has 2 unspecified atom stereocenters. The van der Waals surface area contributed by atoms with Crippen LogP contribution in [0.25, 0.3) is 0 Å². The quantitative estimate of drug-likeness (QED) is 0.803. The Morgan fingerprint density at radius 2 is 2.12 bits per heavy atom. The van der Waals surface area contributed by atoms with Crippen LogP contribution in [0.1, 0.15) is 44.9 Å². The summed E-state index contributed by atoms with van der Waals surface area (Å²) in [5.41, 5.74) is 2.56. The van der Waals surface area contributed by atoms with Gasteiger partial charge in [-0.15, -0.1) is 0 Å². The number of rotatable bonds is 6. The monoisotopic (exact) mass is 223 g/mol. The highest BCUT2D eigenvalue weighted by molar-refractivity contribution is 5.15. The maximum atomic E-state index is 4.25. The van der Waals surface area contributed by atoms with Gasteiger partial charge < -0.3 is 5.32 Å². The molecule has 1 aromatic heterocycles. The number of nitrogens with zero attached hydrogens (tertiary/aromatic N) is 2. The molecule has 0 spiro atoms. The predicted molar refractivity (Wildman–Crippen MR) is 68.3 cm³/mol. The number of hydrogen-bond donors (Lipinski definition) is 1. The first-order valence-corrected chi connectivity index (χ1v) is 6.25. The Balaban J connectivity index is 2.37. The van der Waals surface area contributed by atoms with Gasteiger partial charge in [-0.25, -0.2) is 0 Å². The van der Waals surface area contributed by atoms with Crippen molar-refractivity contribution in [3.8, 4) is 0 Å². The normalized spacial score (nSPS) is 15.1. The molecule has 0 bridgehead atoms. The molecule has 16 heavy (non-hydrogen) atoms. The van der Waals surface area contributed by atoms with Crippen LogP contribution in [-0.4, -0.2) is 15.8 Å². The molecule has 0 saturated carbocycles. The topological polar surface area (TPSA) is 29.9 Å². The van der Waals surface area contributed by atoms with E-state index in [0.29, 0.717) is 6.04 Å². The van der Waals surface area contributed by atoms with Gasteiger partial charge in [-0.3, -0.25) is 4.68 Å². The van der Waals surface area contributed by atoms with Gasteiger partial charge in [-0.1, -0.05) is 20.3 Å². The van der Waals surface area contributed by atoms with Crippen LogP contribution in [0.15, 0.2) is 6.20 Å². The maximum Gasteiger partial charge on any atom is 0.0537 e. The summed E-state index contributed by atoms with van der Waals surface area (Å²) in [6.45, 7) is 9.87. The Hall–Kier alpha value is -0.830. The van der Waals surface area contributed by atoms with Crippen molar-refractivity contribution in [1.82, 2.24) is 15.1 Å². The summed E-state index contributed by atoms with van der Waals surface area (Å²) in [5.74, 6) is 0.803. The molecule has 0 radical (unpaired) electrons. The van der Waals surface area contributed by atoms with Gasteiger partial charge in [0.15, 0.2) is 0 Å². The van der Waals surface area contributed by atoms with Gasteiger partial charge in [-0.2, -0.15) is 5.10 Å². The molecule has 0 aromatic carbocycles. The SMILES string of the molecule is CCC(C)CC(C)NCc1cnn(C)c1C. The number of aryl methyl sites for hydroxylation is 1. The smallest absolute Gasteiger partial charge is 0.0537 e. The summed E-state index contributed by atoms with van der Waals surface area (Å²) in [6, 6.07) is 0.578. The van der Waals surface area contributed by atoms with Crippen molar-refractivity contribution in [3.05, 3.63) is 17.5 Å². The lowest BCUT2D eigenvalue weighted by molar-refractivity contribution is 0.411. The fourth-order valence-corrected chi connectivity index (χ4v) is 1.86. The molecular formula is C13H25N3. The average molecular weight is 223 g/mol. The van der Waals surface area contributed by atoms with E-state index in [0.717, 1.165) is 12.5 Å². The van der Waals surface area contributed by atoms with Crippen molar-refractivity contribution in [2.24, 2.45) is 13.0 Å². The number of hydrogen-bond acceptors (Lipinski definition) is 2. The van der Waals surface area contributed by atoms with Gasteiger partial charge in [-0.05, 0) is 26.2 Å². The summed E-state index contributed by atoms with van der Waals surface area (Å²) in [4.78, 5) is 0. The Bertz CT molecular complexity index is 317. The van der Waals surface area contributed by atoms with Crippen LogP contribution in [0, 0.1) is 12.8 Å². The van der Waals surface area contributed by atoms with Crippen molar-refractivity contribution in [2.45, 2.75) is 53.1 Å². The van der Waals surface area contributed by atoms with E-state index >= 15 is 0 Å². The Morgan fingerprint density at radius 3 is 2.62 bits per heavy atom. The van der Waals surface area contributed by atoms with E-state index in [1.165, 1.54) is 24.1 Å². The molecule has 0 saturated heterocycles. The van der Waals surface area contributed by atoms with Crippen LogP contribution < -0.4 is 5.32 Å². The first-order chi connectivity index (χ1) is 7.54. The van der Waals surface area contributed by atoms with E-state index < -0.39 is 0 Å². The van der Waals surface area contributed by atoms with Gasteiger partial charge in [0, 0.05) is 30.9 Å². The second-order valence-corrected chi connectivity index (χ2v) is 4.91. The third-order valence-corrected chi connectivity index (χ3v) is 3.43. The van der Waals surface area contributed by atoms with Crippen molar-refractivity contribution < 1.29 is 0 Å². The molecule has 1 heterocycles. The summed E-state index contributed by atoms with van der Waals surface area (Å²) in [6.07, 6.45) is 4.46. The largest absolute Gasteiger partial charge is 0.310 e. The van der Waals surface area contributed by atoms with Gasteiger partial charge in [0.1, 0.15) is 0 Å². The molecule has 0 aliphatic heterocycles. The molecule has 2 atom stereocenters. The molecule has 0 aliphatic carbocycles. The fourth-order valence-electron chi connectivity index (χ4n) is 1.86. The highest BCUT2D eigenvalue weighted by Gasteiger charge is 2.08. The molecule has 0 aliphatic rings. The third-order valence-electron chi connectivity index (χ3n) is 3.43. The van der Waals surface area contributed by atoms with Crippen LogP contribution in [0.2, 0.25) is 0 Å². The Kier molecular flexibility index (Phi) is 5.00. The summed E-state index contributed by atoms with van der Waals surface area (Å²) < 4.78 is 1.93. The second kappa shape index (κ2) is 6.04. The van der Waals surface area contributed by atoms with Gasteiger partial charge in [0.25, 0.3) is 0 Å². The molecule has 0 amide bonds. The van der Waals surface area contributed by atoms with E-state index in [1.807, 2.05) is 17.9 Å². The minimum absolute atomic E-state index is 0.578. The van der Waals surface area contributed by atoms with Crippen LogP contribution >= 0.6 is 0 Å². The van der Waals surface area contributed by atoms with E-state index in [9.17, 15) is 0 Å². The van der Waals surface area contributed by atoms with E-state index in [-0.39, 0.29) is 0 Å². The second-order valence-electron chi connectivity index (χ2n) is 4.91. The fraction of sp³-hybridized carbons (Fsp3) is 0.769. The molecule has 92 valence electrons. The zero-order valence-electron chi connectivity index (χ0n) is 11.2. The molecule has 1 rings (SSSR count). The lowest BCUT2D eigenvalue weighted by atomic mass is 10.0. The average Bonchev–Trinajstić information content (AvgIpc) is 2.57. The van der Waals surface area contributed by atoms with Crippen LogP contribution in [0.4, 0.5) is 0 Å². The summed E-state index contributed by atoms with van der Waals surface area (Å²) >= 11 is 0. The maximum absolute atomic E-state index is 4.25. The highest BCUT2D eigenvalue weighted by atomic mass is 15.3. The van der Waals surface area contributed by atoms with E-state index in [1.54, 1.807) is 0 Å². The standard InChI is InChI=1S/C13H25N3/c1-6-10(2)7-11(3)14-8-13-9-15-16(5)12(13)4/h9-11,14H,6-8H2,1-5H3. The van der Waals surface area contributed by atoms with E-state index in [4.69, 9.17) is 0 Å². The molecular weight excluding hydrogens is 198 g/mol.